The number of non-ortho nitro benzene ring substituents is 1. The number of hydrogen-bond donors (Lipinski definition) is 0. The molecule has 2 rings (SSSR count). The predicted octanol–water partition coefficient (Wildman–Crippen LogP) is 2.47. The lowest BCUT2D eigenvalue weighted by Gasteiger charge is -2.27. The Morgan fingerprint density at radius 3 is 2.87 bits per heavy atom. The molecule has 0 aliphatic carbocycles. The molecule has 1 aromatic rings. The van der Waals surface area contributed by atoms with Crippen molar-refractivity contribution in [2.24, 2.45) is 0 Å². The molecule has 0 amide bonds. The van der Waals surface area contributed by atoms with Crippen LogP contribution in [0, 0.1) is 16.2 Å². The van der Waals surface area contributed by atoms with Gasteiger partial charge in [-0.1, -0.05) is 0 Å². The van der Waals surface area contributed by atoms with Crippen LogP contribution in [-0.2, 0) is 0 Å². The first kappa shape index (κ1) is 9.71. The molecular formula is C11H10NO3. The Labute approximate surface area is 87.3 Å². The topological polar surface area (TPSA) is 52.4 Å². The number of nitro benzene ring substituents is 1. The summed E-state index contributed by atoms with van der Waals surface area (Å²) in [4.78, 5) is 10.1. The summed E-state index contributed by atoms with van der Waals surface area (Å²) in [6.07, 6.45) is 4.76. The highest BCUT2D eigenvalue weighted by atomic mass is 16.6. The Morgan fingerprint density at radius 1 is 1.47 bits per heavy atom. The van der Waals surface area contributed by atoms with E-state index in [1.54, 1.807) is 12.1 Å². The number of fused-ring (bicyclic) bond motifs is 1. The van der Waals surface area contributed by atoms with Crippen LogP contribution in [0.3, 0.4) is 0 Å². The number of ether oxygens (including phenoxy) is 1. The Morgan fingerprint density at radius 2 is 2.20 bits per heavy atom. The number of nitro groups is 1. The third-order valence-corrected chi connectivity index (χ3v) is 2.12. The Bertz CT molecular complexity index is 449. The van der Waals surface area contributed by atoms with Gasteiger partial charge in [-0.25, -0.2) is 0 Å². The fraction of sp³-hybridized carbons (Fsp3) is 0.273. The fourth-order valence-electron chi connectivity index (χ4n) is 1.40. The summed E-state index contributed by atoms with van der Waals surface area (Å²) in [7, 11) is 0. The van der Waals surface area contributed by atoms with E-state index >= 15 is 0 Å². The van der Waals surface area contributed by atoms with Gasteiger partial charge >= 0.3 is 0 Å². The standard InChI is InChI=1S/C11H10NO3/c1-11(2)6-5-8-7-9(12(13)14)3-4-10(8)15-11/h3-4,6-7H,1-2H3. The molecule has 0 spiro atoms. The molecule has 1 aliphatic heterocycles. The van der Waals surface area contributed by atoms with Gasteiger partial charge in [0.1, 0.15) is 11.4 Å². The third kappa shape index (κ3) is 1.83. The lowest BCUT2D eigenvalue weighted by atomic mass is 10.0. The smallest absolute Gasteiger partial charge is 0.270 e. The van der Waals surface area contributed by atoms with E-state index in [4.69, 9.17) is 4.74 Å². The highest BCUT2D eigenvalue weighted by Gasteiger charge is 2.23. The number of nitrogens with zero attached hydrogens (tertiary/aromatic N) is 1. The minimum Gasteiger partial charge on any atom is -0.483 e. The third-order valence-electron chi connectivity index (χ3n) is 2.12. The van der Waals surface area contributed by atoms with E-state index < -0.39 is 10.5 Å². The van der Waals surface area contributed by atoms with Gasteiger partial charge in [-0.3, -0.25) is 10.1 Å². The van der Waals surface area contributed by atoms with Gasteiger partial charge in [-0.15, -0.1) is 0 Å². The van der Waals surface area contributed by atoms with Gasteiger partial charge < -0.3 is 4.74 Å². The van der Waals surface area contributed by atoms with Gasteiger partial charge in [-0.2, -0.15) is 0 Å². The molecule has 1 heterocycles. The van der Waals surface area contributed by atoms with Crippen LogP contribution in [0.5, 0.6) is 5.75 Å². The zero-order chi connectivity index (χ0) is 11.1. The second kappa shape index (κ2) is 3.08. The van der Waals surface area contributed by atoms with Crippen molar-refractivity contribution < 1.29 is 9.66 Å². The molecule has 1 aromatic carbocycles. The van der Waals surface area contributed by atoms with Gasteiger partial charge in [-0.05, 0) is 32.1 Å². The monoisotopic (exact) mass is 204 g/mol. The minimum atomic E-state index is -0.429. The van der Waals surface area contributed by atoms with E-state index in [2.05, 4.69) is 6.08 Å². The maximum absolute atomic E-state index is 10.5. The van der Waals surface area contributed by atoms with E-state index in [0.717, 1.165) is 0 Å². The SMILES string of the molecule is CC1(C)C=[C]c2cc([N+](=O)[O-])ccc2O1. The van der Waals surface area contributed by atoms with Crippen LogP contribution in [0.25, 0.3) is 0 Å². The van der Waals surface area contributed by atoms with Crippen molar-refractivity contribution in [2.45, 2.75) is 19.4 Å². The lowest BCUT2D eigenvalue weighted by molar-refractivity contribution is -0.384. The van der Waals surface area contributed by atoms with Crippen molar-refractivity contribution in [3.05, 3.63) is 46.0 Å². The molecule has 0 atom stereocenters. The molecule has 0 aromatic heterocycles. The summed E-state index contributed by atoms with van der Waals surface area (Å²) in [6.45, 7) is 3.81. The zero-order valence-electron chi connectivity index (χ0n) is 8.48. The molecule has 15 heavy (non-hydrogen) atoms. The van der Waals surface area contributed by atoms with Gasteiger partial charge in [0.25, 0.3) is 5.69 Å². The predicted molar refractivity (Wildman–Crippen MR) is 54.7 cm³/mol. The van der Waals surface area contributed by atoms with E-state index in [1.165, 1.54) is 12.1 Å². The van der Waals surface area contributed by atoms with Crippen molar-refractivity contribution in [1.29, 1.82) is 0 Å². The summed E-state index contributed by atoms with van der Waals surface area (Å²) in [6, 6.07) is 4.50. The highest BCUT2D eigenvalue weighted by Crippen LogP contribution is 2.31. The van der Waals surface area contributed by atoms with Crippen molar-refractivity contribution in [3.8, 4) is 5.75 Å². The first-order valence-corrected chi connectivity index (χ1v) is 4.56. The molecule has 0 saturated heterocycles. The summed E-state index contributed by atoms with van der Waals surface area (Å²) in [5.41, 5.74) is 0.282. The van der Waals surface area contributed by atoms with Gasteiger partial charge in [0.05, 0.1) is 4.92 Å². The van der Waals surface area contributed by atoms with Crippen molar-refractivity contribution in [1.82, 2.24) is 0 Å². The van der Waals surface area contributed by atoms with E-state index in [0.29, 0.717) is 11.3 Å². The molecule has 1 radical (unpaired) electrons. The lowest BCUT2D eigenvalue weighted by Crippen LogP contribution is -2.27. The minimum absolute atomic E-state index is 0.0537. The van der Waals surface area contributed by atoms with Crippen molar-refractivity contribution >= 4 is 5.69 Å². The van der Waals surface area contributed by atoms with Gasteiger partial charge in [0.15, 0.2) is 0 Å². The van der Waals surface area contributed by atoms with Crippen LogP contribution in [0.15, 0.2) is 24.3 Å². The molecule has 4 nitrogen and oxygen atoms in total. The molecule has 4 heteroatoms. The Balaban J connectivity index is 2.45. The van der Waals surface area contributed by atoms with Crippen LogP contribution < -0.4 is 4.74 Å². The molecule has 1 aliphatic rings. The average Bonchev–Trinajstić information content (AvgIpc) is 2.15. The second-order valence-corrected chi connectivity index (χ2v) is 3.93. The maximum atomic E-state index is 10.5. The van der Waals surface area contributed by atoms with Crippen LogP contribution in [-0.4, -0.2) is 10.5 Å². The molecule has 0 bridgehead atoms. The quantitative estimate of drug-likeness (QED) is 0.521. The van der Waals surface area contributed by atoms with E-state index in [9.17, 15) is 10.1 Å². The molecule has 0 saturated carbocycles. The highest BCUT2D eigenvalue weighted by molar-refractivity contribution is 5.48. The number of benzene rings is 1. The molecular weight excluding hydrogens is 194 g/mol. The second-order valence-electron chi connectivity index (χ2n) is 3.93. The van der Waals surface area contributed by atoms with Crippen molar-refractivity contribution in [2.75, 3.05) is 0 Å². The van der Waals surface area contributed by atoms with Crippen molar-refractivity contribution in [3.63, 3.8) is 0 Å². The summed E-state index contributed by atoms with van der Waals surface area (Å²) in [5.74, 6) is 0.633. The van der Waals surface area contributed by atoms with Gasteiger partial charge in [0.2, 0.25) is 0 Å². The first-order chi connectivity index (χ1) is 6.98. The molecule has 0 unspecified atom stereocenters. The molecule has 77 valence electrons. The summed E-state index contributed by atoms with van der Waals surface area (Å²) >= 11 is 0. The Kier molecular flexibility index (Phi) is 2.00. The first-order valence-electron chi connectivity index (χ1n) is 4.56. The zero-order valence-corrected chi connectivity index (χ0v) is 8.48. The normalized spacial score (nSPS) is 16.7. The molecule has 0 N–H and O–H groups in total. The fourth-order valence-corrected chi connectivity index (χ4v) is 1.40. The maximum Gasteiger partial charge on any atom is 0.270 e. The van der Waals surface area contributed by atoms with Crippen LogP contribution in [0.4, 0.5) is 5.69 Å². The van der Waals surface area contributed by atoms with Crippen LogP contribution >= 0.6 is 0 Å². The van der Waals surface area contributed by atoms with Crippen LogP contribution in [0.1, 0.15) is 19.4 Å². The van der Waals surface area contributed by atoms with E-state index in [1.807, 2.05) is 13.8 Å². The average molecular weight is 204 g/mol. The van der Waals surface area contributed by atoms with E-state index in [-0.39, 0.29) is 5.69 Å². The number of hydrogen-bond acceptors (Lipinski definition) is 3. The van der Waals surface area contributed by atoms with Gasteiger partial charge in [0, 0.05) is 17.7 Å². The summed E-state index contributed by atoms with van der Waals surface area (Å²) in [5, 5.41) is 10.5. The largest absolute Gasteiger partial charge is 0.483 e. The Hall–Kier alpha value is -1.84. The van der Waals surface area contributed by atoms with Crippen LogP contribution in [0.2, 0.25) is 0 Å². The number of rotatable bonds is 1. The summed E-state index contributed by atoms with van der Waals surface area (Å²) < 4.78 is 5.61. The molecule has 0 fully saturated rings.